The van der Waals surface area contributed by atoms with E-state index in [0.29, 0.717) is 0 Å². The molecule has 1 N–H and O–H groups in total. The van der Waals surface area contributed by atoms with Gasteiger partial charge in [-0.2, -0.15) is 5.26 Å². The lowest BCUT2D eigenvalue weighted by Crippen LogP contribution is -2.21. The third kappa shape index (κ3) is 2.27. The van der Waals surface area contributed by atoms with E-state index in [-0.39, 0.29) is 5.41 Å². The van der Waals surface area contributed by atoms with E-state index in [0.717, 1.165) is 30.3 Å². The van der Waals surface area contributed by atoms with Crippen molar-refractivity contribution in [3.05, 3.63) is 21.3 Å². The molecular formula is C10H11ClN2S. The van der Waals surface area contributed by atoms with Crippen molar-refractivity contribution >= 4 is 22.9 Å². The van der Waals surface area contributed by atoms with Gasteiger partial charge in [-0.1, -0.05) is 11.6 Å². The molecule has 0 bridgehead atoms. The number of rotatable bonds is 4. The zero-order valence-corrected chi connectivity index (χ0v) is 9.29. The first-order valence-electron chi connectivity index (χ1n) is 4.60. The highest BCUT2D eigenvalue weighted by atomic mass is 35.5. The molecule has 0 amide bonds. The van der Waals surface area contributed by atoms with Gasteiger partial charge in [0, 0.05) is 18.0 Å². The quantitative estimate of drug-likeness (QED) is 0.857. The molecule has 2 nitrogen and oxygen atoms in total. The van der Waals surface area contributed by atoms with Crippen molar-refractivity contribution in [2.24, 2.45) is 5.41 Å². The topological polar surface area (TPSA) is 35.8 Å². The highest BCUT2D eigenvalue weighted by molar-refractivity contribution is 7.16. The van der Waals surface area contributed by atoms with Crippen molar-refractivity contribution in [2.75, 3.05) is 6.54 Å². The van der Waals surface area contributed by atoms with Crippen LogP contribution in [-0.4, -0.2) is 6.54 Å². The number of thiophene rings is 1. The lowest BCUT2D eigenvalue weighted by Gasteiger charge is -2.05. The second-order valence-corrected chi connectivity index (χ2v) is 5.50. The molecule has 0 aromatic carbocycles. The van der Waals surface area contributed by atoms with E-state index in [9.17, 15) is 0 Å². The fourth-order valence-electron chi connectivity index (χ4n) is 1.35. The van der Waals surface area contributed by atoms with E-state index in [4.69, 9.17) is 16.9 Å². The molecule has 0 spiro atoms. The van der Waals surface area contributed by atoms with E-state index in [2.05, 4.69) is 11.4 Å². The summed E-state index contributed by atoms with van der Waals surface area (Å²) in [5, 5.41) is 12.1. The second kappa shape index (κ2) is 3.90. The van der Waals surface area contributed by atoms with Crippen LogP contribution in [0.5, 0.6) is 0 Å². The van der Waals surface area contributed by atoms with E-state index in [1.165, 1.54) is 4.88 Å². The van der Waals surface area contributed by atoms with Crippen LogP contribution in [0.1, 0.15) is 17.7 Å². The largest absolute Gasteiger partial charge is 0.310 e. The number of hydrogen-bond donors (Lipinski definition) is 1. The molecule has 1 aliphatic carbocycles. The Kier molecular flexibility index (Phi) is 2.78. The van der Waals surface area contributed by atoms with Gasteiger partial charge in [-0.25, -0.2) is 0 Å². The maximum atomic E-state index is 8.85. The van der Waals surface area contributed by atoms with Crippen LogP contribution in [0.15, 0.2) is 12.1 Å². The van der Waals surface area contributed by atoms with Crippen LogP contribution < -0.4 is 5.32 Å². The van der Waals surface area contributed by atoms with Gasteiger partial charge in [0.05, 0.1) is 15.8 Å². The fourth-order valence-corrected chi connectivity index (χ4v) is 2.41. The molecule has 1 aromatic heterocycles. The third-order valence-electron chi connectivity index (χ3n) is 2.48. The maximum Gasteiger partial charge on any atom is 0.0931 e. The van der Waals surface area contributed by atoms with Crippen molar-refractivity contribution in [1.29, 1.82) is 5.26 Å². The average molecular weight is 227 g/mol. The van der Waals surface area contributed by atoms with Crippen LogP contribution in [0.4, 0.5) is 0 Å². The van der Waals surface area contributed by atoms with E-state index in [1.54, 1.807) is 11.3 Å². The molecule has 1 aliphatic rings. The predicted octanol–water partition coefficient (Wildman–Crippen LogP) is 2.79. The Labute approximate surface area is 92.5 Å². The predicted molar refractivity (Wildman–Crippen MR) is 58.3 cm³/mol. The highest BCUT2D eigenvalue weighted by Gasteiger charge is 2.42. The molecule has 1 aromatic rings. The minimum Gasteiger partial charge on any atom is -0.310 e. The second-order valence-electron chi connectivity index (χ2n) is 3.70. The molecule has 0 radical (unpaired) electrons. The van der Waals surface area contributed by atoms with E-state index < -0.39 is 0 Å². The standard InChI is InChI=1S/C10H11ClN2S/c11-9-2-1-8(14-9)5-13-7-10(6-12)3-4-10/h1-2,13H,3-5,7H2. The van der Waals surface area contributed by atoms with E-state index in [1.807, 2.05) is 12.1 Å². The summed E-state index contributed by atoms with van der Waals surface area (Å²) in [4.78, 5) is 1.23. The van der Waals surface area contributed by atoms with Crippen LogP contribution in [0.2, 0.25) is 4.34 Å². The molecule has 2 rings (SSSR count). The molecule has 0 unspecified atom stereocenters. The molecule has 0 atom stereocenters. The Morgan fingerprint density at radius 1 is 1.57 bits per heavy atom. The molecule has 14 heavy (non-hydrogen) atoms. The first-order chi connectivity index (χ1) is 6.74. The van der Waals surface area contributed by atoms with E-state index >= 15 is 0 Å². The third-order valence-corrected chi connectivity index (χ3v) is 3.71. The SMILES string of the molecule is N#CC1(CNCc2ccc(Cl)s2)CC1. The van der Waals surface area contributed by atoms with Crippen molar-refractivity contribution in [1.82, 2.24) is 5.32 Å². The van der Waals surface area contributed by atoms with Gasteiger partial charge in [0.1, 0.15) is 0 Å². The molecule has 0 saturated heterocycles. The van der Waals surface area contributed by atoms with Gasteiger partial charge in [-0.15, -0.1) is 11.3 Å². The van der Waals surface area contributed by atoms with Gasteiger partial charge in [0.25, 0.3) is 0 Å². The van der Waals surface area contributed by atoms with Crippen LogP contribution in [0, 0.1) is 16.7 Å². The van der Waals surface area contributed by atoms with Crippen LogP contribution >= 0.6 is 22.9 Å². The normalized spacial score (nSPS) is 17.7. The molecule has 1 heterocycles. The number of halogens is 1. The Bertz CT molecular complexity index is 362. The number of nitrogens with zero attached hydrogens (tertiary/aromatic N) is 1. The monoisotopic (exact) mass is 226 g/mol. The summed E-state index contributed by atoms with van der Waals surface area (Å²) in [6.45, 7) is 1.62. The number of nitriles is 1. The minimum atomic E-state index is -0.0545. The Balaban J connectivity index is 1.76. The van der Waals surface area contributed by atoms with Crippen molar-refractivity contribution in [3.63, 3.8) is 0 Å². The van der Waals surface area contributed by atoms with Crippen LogP contribution in [0.3, 0.4) is 0 Å². The van der Waals surface area contributed by atoms with Crippen LogP contribution in [0.25, 0.3) is 0 Å². The Morgan fingerprint density at radius 2 is 2.36 bits per heavy atom. The summed E-state index contributed by atoms with van der Waals surface area (Å²) in [6, 6.07) is 6.28. The van der Waals surface area contributed by atoms with Crippen molar-refractivity contribution in [3.8, 4) is 6.07 Å². The summed E-state index contributed by atoms with van der Waals surface area (Å²) in [7, 11) is 0. The van der Waals surface area contributed by atoms with Gasteiger partial charge in [-0.05, 0) is 25.0 Å². The van der Waals surface area contributed by atoms with Gasteiger partial charge in [0.2, 0.25) is 0 Å². The van der Waals surface area contributed by atoms with Crippen molar-refractivity contribution < 1.29 is 0 Å². The smallest absolute Gasteiger partial charge is 0.0931 e. The lowest BCUT2D eigenvalue weighted by molar-refractivity contribution is 0.561. The summed E-state index contributed by atoms with van der Waals surface area (Å²) < 4.78 is 0.822. The lowest BCUT2D eigenvalue weighted by atomic mass is 10.1. The summed E-state index contributed by atoms with van der Waals surface area (Å²) in [5.41, 5.74) is -0.0545. The van der Waals surface area contributed by atoms with Gasteiger partial charge >= 0.3 is 0 Å². The molecule has 1 saturated carbocycles. The summed E-state index contributed by atoms with van der Waals surface area (Å²) >= 11 is 7.39. The van der Waals surface area contributed by atoms with Gasteiger partial charge in [0.15, 0.2) is 0 Å². The zero-order valence-electron chi connectivity index (χ0n) is 7.72. The average Bonchev–Trinajstić information content (AvgIpc) is 2.84. The minimum absolute atomic E-state index is 0.0545. The Morgan fingerprint density at radius 3 is 2.86 bits per heavy atom. The van der Waals surface area contributed by atoms with Gasteiger partial charge < -0.3 is 5.32 Å². The molecule has 1 fully saturated rings. The molecule has 74 valence electrons. The first-order valence-corrected chi connectivity index (χ1v) is 5.80. The van der Waals surface area contributed by atoms with Crippen molar-refractivity contribution in [2.45, 2.75) is 19.4 Å². The molecule has 4 heteroatoms. The molecule has 0 aliphatic heterocycles. The van der Waals surface area contributed by atoms with Gasteiger partial charge in [-0.3, -0.25) is 0 Å². The fraction of sp³-hybridized carbons (Fsp3) is 0.500. The maximum absolute atomic E-state index is 8.85. The Hall–Kier alpha value is -0.560. The zero-order chi connectivity index (χ0) is 10.0. The summed E-state index contributed by atoms with van der Waals surface area (Å²) in [5.74, 6) is 0. The van der Waals surface area contributed by atoms with Crippen LogP contribution in [-0.2, 0) is 6.54 Å². The number of hydrogen-bond acceptors (Lipinski definition) is 3. The summed E-state index contributed by atoms with van der Waals surface area (Å²) in [6.07, 6.45) is 2.09. The first kappa shape index (κ1) is 9.97. The molecular weight excluding hydrogens is 216 g/mol. The highest BCUT2D eigenvalue weighted by Crippen LogP contribution is 2.44. The number of nitrogens with one attached hydrogen (secondary N) is 1.